The van der Waals surface area contributed by atoms with Gasteiger partial charge in [0.25, 0.3) is 0 Å². The maximum atomic E-state index is 13.3. The van der Waals surface area contributed by atoms with E-state index in [2.05, 4.69) is 17.0 Å². The fourth-order valence-electron chi connectivity index (χ4n) is 4.69. The first-order chi connectivity index (χ1) is 16.6. The molecule has 174 valence electrons. The lowest BCUT2D eigenvalue weighted by molar-refractivity contribution is -0.128. The molecule has 0 aromatic heterocycles. The van der Waals surface area contributed by atoms with Gasteiger partial charge < -0.3 is 9.47 Å². The zero-order valence-corrected chi connectivity index (χ0v) is 19.1. The molecule has 0 saturated heterocycles. The number of hydrogen-bond donors (Lipinski definition) is 0. The Morgan fingerprint density at radius 2 is 2.06 bits per heavy atom. The number of fused-ring (bicyclic) bond motifs is 1. The molecule has 0 saturated carbocycles. The van der Waals surface area contributed by atoms with E-state index in [1.54, 1.807) is 30.7 Å². The molecule has 1 atom stereocenters. The average molecular weight is 459 g/mol. The molecular formula is C28H27FN2O3. The summed E-state index contributed by atoms with van der Waals surface area (Å²) >= 11 is 0. The minimum Gasteiger partial charge on any atom is -0.496 e. The second-order valence-corrected chi connectivity index (χ2v) is 8.69. The van der Waals surface area contributed by atoms with E-state index >= 15 is 0 Å². The summed E-state index contributed by atoms with van der Waals surface area (Å²) in [6, 6.07) is 12.7. The lowest BCUT2D eigenvalue weighted by atomic mass is 9.87. The molecule has 0 bridgehead atoms. The third kappa shape index (κ3) is 4.68. The summed E-state index contributed by atoms with van der Waals surface area (Å²) in [6.07, 6.45) is 12.7. The molecule has 1 amide bonds. The molecule has 5 rings (SSSR count). The Kier molecular flexibility index (Phi) is 6.32. The topological polar surface area (TPSA) is 42.0 Å². The summed E-state index contributed by atoms with van der Waals surface area (Å²) in [5, 5.41) is 0. The number of halogens is 1. The second-order valence-electron chi connectivity index (χ2n) is 8.69. The monoisotopic (exact) mass is 458 g/mol. The molecule has 2 aliphatic heterocycles. The van der Waals surface area contributed by atoms with Crippen LogP contribution in [-0.4, -0.2) is 35.9 Å². The van der Waals surface area contributed by atoms with E-state index in [1.807, 2.05) is 36.4 Å². The SMILES string of the molecule is COc1cccc2c1CN(CC(=O)N1C=COC(C3=CC=CC(c4ccc(F)cc4)C3)=C1)CC2. The van der Waals surface area contributed by atoms with Crippen molar-refractivity contribution in [3.05, 3.63) is 113 Å². The van der Waals surface area contributed by atoms with Gasteiger partial charge in [-0.15, -0.1) is 0 Å². The largest absolute Gasteiger partial charge is 0.496 e. The first-order valence-electron chi connectivity index (χ1n) is 11.5. The molecule has 3 aliphatic rings. The fraction of sp³-hybridized carbons (Fsp3) is 0.250. The number of hydrogen-bond acceptors (Lipinski definition) is 4. The van der Waals surface area contributed by atoms with Crippen molar-refractivity contribution < 1.29 is 18.7 Å². The standard InChI is InChI=1S/C28H27FN2O3/c1-33-26-7-3-4-21-12-13-30(17-25(21)26)19-28(32)31-14-15-34-27(18-31)23-6-2-5-22(16-23)20-8-10-24(29)11-9-20/h2-11,14-15,18,22H,12-13,16-17,19H2,1H3. The van der Waals surface area contributed by atoms with Gasteiger partial charge in [0.2, 0.25) is 5.91 Å². The Morgan fingerprint density at radius 3 is 2.88 bits per heavy atom. The van der Waals surface area contributed by atoms with Gasteiger partial charge in [-0.05, 0) is 47.7 Å². The van der Waals surface area contributed by atoms with Crippen molar-refractivity contribution in [1.29, 1.82) is 0 Å². The van der Waals surface area contributed by atoms with Crippen LogP contribution in [0.25, 0.3) is 0 Å². The van der Waals surface area contributed by atoms with Crippen molar-refractivity contribution in [3.8, 4) is 5.75 Å². The summed E-state index contributed by atoms with van der Waals surface area (Å²) in [5.41, 5.74) is 4.48. The molecule has 0 spiro atoms. The molecule has 1 unspecified atom stereocenters. The molecule has 2 heterocycles. The minimum atomic E-state index is -0.243. The quantitative estimate of drug-likeness (QED) is 0.630. The van der Waals surface area contributed by atoms with E-state index in [0.29, 0.717) is 25.3 Å². The third-order valence-electron chi connectivity index (χ3n) is 6.54. The van der Waals surface area contributed by atoms with Gasteiger partial charge in [0.05, 0.1) is 19.9 Å². The maximum Gasteiger partial charge on any atom is 0.244 e. The highest BCUT2D eigenvalue weighted by Crippen LogP contribution is 2.33. The smallest absolute Gasteiger partial charge is 0.244 e. The highest BCUT2D eigenvalue weighted by molar-refractivity contribution is 5.80. The Balaban J connectivity index is 1.25. The highest BCUT2D eigenvalue weighted by Gasteiger charge is 2.25. The predicted octanol–water partition coefficient (Wildman–Crippen LogP) is 5.03. The Morgan fingerprint density at radius 1 is 1.21 bits per heavy atom. The van der Waals surface area contributed by atoms with Crippen LogP contribution in [0, 0.1) is 5.82 Å². The van der Waals surface area contributed by atoms with Gasteiger partial charge in [-0.1, -0.05) is 42.5 Å². The molecule has 2 aromatic rings. The Bertz CT molecular complexity index is 1180. The van der Waals surface area contributed by atoms with E-state index in [0.717, 1.165) is 35.4 Å². The van der Waals surface area contributed by atoms with E-state index < -0.39 is 0 Å². The van der Waals surface area contributed by atoms with E-state index in [9.17, 15) is 9.18 Å². The first kappa shape index (κ1) is 22.2. The van der Waals surface area contributed by atoms with Crippen LogP contribution in [-0.2, 0) is 22.5 Å². The van der Waals surface area contributed by atoms with Gasteiger partial charge >= 0.3 is 0 Å². The van der Waals surface area contributed by atoms with Crippen LogP contribution < -0.4 is 4.74 Å². The molecule has 0 N–H and O–H groups in total. The van der Waals surface area contributed by atoms with Crippen molar-refractivity contribution in [1.82, 2.24) is 9.80 Å². The van der Waals surface area contributed by atoms with Crippen LogP contribution in [0.2, 0.25) is 0 Å². The molecule has 2 aromatic carbocycles. The number of carbonyl (C=O) groups excluding carboxylic acids is 1. The zero-order valence-electron chi connectivity index (χ0n) is 19.1. The maximum absolute atomic E-state index is 13.3. The molecule has 34 heavy (non-hydrogen) atoms. The number of nitrogens with zero attached hydrogens (tertiary/aromatic N) is 2. The zero-order chi connectivity index (χ0) is 23.5. The minimum absolute atomic E-state index is 0.0163. The molecule has 0 radical (unpaired) electrons. The number of allylic oxidation sites excluding steroid dienone is 4. The van der Waals surface area contributed by atoms with Crippen molar-refractivity contribution >= 4 is 5.91 Å². The fourth-order valence-corrected chi connectivity index (χ4v) is 4.69. The number of ether oxygens (including phenoxy) is 2. The van der Waals surface area contributed by atoms with Gasteiger partial charge in [0.15, 0.2) is 0 Å². The van der Waals surface area contributed by atoms with E-state index in [4.69, 9.17) is 9.47 Å². The van der Waals surface area contributed by atoms with Crippen LogP contribution in [0.1, 0.15) is 29.0 Å². The summed E-state index contributed by atoms with van der Waals surface area (Å²) < 4.78 is 24.6. The number of amides is 1. The summed E-state index contributed by atoms with van der Waals surface area (Å²) in [5.74, 6) is 1.39. The lowest BCUT2D eigenvalue weighted by Crippen LogP contribution is -2.39. The van der Waals surface area contributed by atoms with Gasteiger partial charge in [0, 0.05) is 30.8 Å². The number of methoxy groups -OCH3 is 1. The molecule has 6 heteroatoms. The third-order valence-corrected chi connectivity index (χ3v) is 6.54. The van der Waals surface area contributed by atoms with Crippen LogP contribution in [0.15, 0.2) is 90.7 Å². The predicted molar refractivity (Wildman–Crippen MR) is 128 cm³/mol. The van der Waals surface area contributed by atoms with Crippen molar-refractivity contribution in [2.75, 3.05) is 20.2 Å². The van der Waals surface area contributed by atoms with E-state index in [1.165, 1.54) is 17.7 Å². The van der Waals surface area contributed by atoms with Gasteiger partial charge in [0.1, 0.15) is 23.6 Å². The lowest BCUT2D eigenvalue weighted by Gasteiger charge is -2.31. The van der Waals surface area contributed by atoms with Crippen LogP contribution >= 0.6 is 0 Å². The number of benzene rings is 2. The number of carbonyl (C=O) groups is 1. The second kappa shape index (κ2) is 9.69. The first-order valence-corrected chi connectivity index (χ1v) is 11.5. The summed E-state index contributed by atoms with van der Waals surface area (Å²) in [6.45, 7) is 1.82. The molecule has 0 fully saturated rings. The Labute approximate surface area is 199 Å². The summed E-state index contributed by atoms with van der Waals surface area (Å²) in [4.78, 5) is 16.9. The van der Waals surface area contributed by atoms with Gasteiger partial charge in [-0.3, -0.25) is 14.6 Å². The average Bonchev–Trinajstić information content (AvgIpc) is 2.89. The molecule has 1 aliphatic carbocycles. The van der Waals surface area contributed by atoms with Crippen molar-refractivity contribution in [3.63, 3.8) is 0 Å². The van der Waals surface area contributed by atoms with Gasteiger partial charge in [-0.2, -0.15) is 0 Å². The molecule has 5 nitrogen and oxygen atoms in total. The van der Waals surface area contributed by atoms with E-state index in [-0.39, 0.29) is 17.6 Å². The van der Waals surface area contributed by atoms with Crippen molar-refractivity contribution in [2.45, 2.75) is 25.3 Å². The van der Waals surface area contributed by atoms with Crippen LogP contribution in [0.3, 0.4) is 0 Å². The van der Waals surface area contributed by atoms with Crippen LogP contribution in [0.5, 0.6) is 5.75 Å². The van der Waals surface area contributed by atoms with Crippen LogP contribution in [0.4, 0.5) is 4.39 Å². The normalized spacial score (nSPS) is 19.7. The highest BCUT2D eigenvalue weighted by atomic mass is 19.1. The Hall–Kier alpha value is -3.64. The number of rotatable bonds is 5. The molecular weight excluding hydrogens is 431 g/mol. The van der Waals surface area contributed by atoms with Crippen molar-refractivity contribution in [2.24, 2.45) is 0 Å². The van der Waals surface area contributed by atoms with Gasteiger partial charge in [-0.25, -0.2) is 4.39 Å². The summed E-state index contributed by atoms with van der Waals surface area (Å²) in [7, 11) is 1.68.